The van der Waals surface area contributed by atoms with E-state index in [1.54, 1.807) is 0 Å². The molecule has 0 bridgehead atoms. The van der Waals surface area contributed by atoms with Gasteiger partial charge < -0.3 is 29.4 Å². The zero-order valence-corrected chi connectivity index (χ0v) is 30.9. The Morgan fingerprint density at radius 3 is 0.778 bits per heavy atom. The second kappa shape index (κ2) is 24.2. The van der Waals surface area contributed by atoms with Crippen molar-refractivity contribution in [3.63, 3.8) is 0 Å². The number of hydrogen-bond acceptors (Lipinski definition) is 16. The van der Waals surface area contributed by atoms with Gasteiger partial charge in [-0.2, -0.15) is 0 Å². The monoisotopic (exact) mass is 833 g/mol. The second-order valence-corrected chi connectivity index (χ2v) is 8.31. The Hall–Kier alpha value is 3.52. The molecule has 0 aromatic carbocycles. The van der Waals surface area contributed by atoms with Gasteiger partial charge in [0.1, 0.15) is 0 Å². The summed E-state index contributed by atoms with van der Waals surface area (Å²) in [5.41, 5.74) is 0. The fraction of sp³-hybridized carbons (Fsp3) is 1.00. The van der Waals surface area contributed by atoms with Gasteiger partial charge in [-0.05, 0) is 18.3 Å². The van der Waals surface area contributed by atoms with Crippen LogP contribution in [-0.2, 0) is 127 Å². The standard InChI is InChI=1S/CH3Cl.3Cd.2HO8P3/c1-2;;;;2*1-9(2)7-11(5,6)8-10(3)4/h1H3;;;;2*(H,5,6)/q;3*+2;;/p-2. The largest absolute Gasteiger partial charge is 2.00 e. The van der Waals surface area contributed by atoms with Crippen LogP contribution >= 0.6 is 60.3 Å². The second-order valence-electron chi connectivity index (χ2n) is 2.12. The summed E-state index contributed by atoms with van der Waals surface area (Å²) < 4.78 is 70.8. The van der Waals surface area contributed by atoms with E-state index in [1.165, 1.54) is 6.38 Å². The first-order valence-electron chi connectivity index (χ1n) is 4.03. The summed E-state index contributed by atoms with van der Waals surface area (Å²) in [5.74, 6) is 0. The Morgan fingerprint density at radius 2 is 0.704 bits per heavy atom. The SMILES string of the molecule is CCl.O=[P+]([O-])OP(=O)([O-])O[P+](=O)[O-].O=[P+]([O-])OP(=O)([O-])O[P+](=O)[O-].[Cd+2].[Cd+2].[Cd+2]. The molecule has 0 spiro atoms. The minimum absolute atomic E-state index is 0. The molecule has 0 saturated heterocycles. The Balaban J connectivity index is -0.0000000677. The molecule has 0 aliphatic carbocycles. The van der Waals surface area contributed by atoms with Gasteiger partial charge in [-0.3, -0.25) is 9.13 Å². The van der Waals surface area contributed by atoms with Crippen molar-refractivity contribution >= 4 is 60.3 Å². The summed E-state index contributed by atoms with van der Waals surface area (Å²) in [6.45, 7) is 0. The van der Waals surface area contributed by atoms with E-state index in [2.05, 4.69) is 28.8 Å². The van der Waals surface area contributed by atoms with Gasteiger partial charge in [0.15, 0.2) is 0 Å². The van der Waals surface area contributed by atoms with Crippen molar-refractivity contribution < 1.29 is 156 Å². The maximum Gasteiger partial charge on any atom is 2.00 e. The van der Waals surface area contributed by atoms with Crippen LogP contribution in [0.15, 0.2) is 0 Å². The van der Waals surface area contributed by atoms with Gasteiger partial charge in [0.05, 0.1) is 0 Å². The van der Waals surface area contributed by atoms with Crippen molar-refractivity contribution in [3.8, 4) is 0 Å². The van der Waals surface area contributed by atoms with Crippen LogP contribution < -0.4 is 29.4 Å². The van der Waals surface area contributed by atoms with E-state index in [4.69, 9.17) is 0 Å². The molecule has 0 radical (unpaired) electrons. The molecule has 0 aromatic heterocycles. The molecule has 0 saturated carbocycles. The Labute approximate surface area is 220 Å². The first-order chi connectivity index (χ1) is 10.7. The maximum atomic E-state index is 10.1. The van der Waals surface area contributed by atoms with E-state index in [-0.39, 0.29) is 81.9 Å². The third kappa shape index (κ3) is 40.4. The summed E-state index contributed by atoms with van der Waals surface area (Å²) in [6, 6.07) is 0. The normalized spacial score (nSPS) is 15.6. The minimum Gasteiger partial charge on any atom is -0.750 e. The average Bonchev–Trinajstić information content (AvgIpc) is 2.24. The number of phosphoric acid groups is 2. The molecule has 0 fully saturated rings. The molecule has 0 rings (SSSR count). The van der Waals surface area contributed by atoms with Gasteiger partial charge >= 0.3 is 131 Å². The maximum absolute atomic E-state index is 10.1. The van der Waals surface area contributed by atoms with Crippen molar-refractivity contribution in [2.75, 3.05) is 6.38 Å². The molecule has 142 valence electrons. The summed E-state index contributed by atoms with van der Waals surface area (Å²) in [7, 11) is -25.2. The van der Waals surface area contributed by atoms with Crippen LogP contribution in [0, 0.1) is 0 Å². The van der Waals surface area contributed by atoms with Gasteiger partial charge in [0, 0.05) is 6.38 Å². The van der Waals surface area contributed by atoms with Crippen LogP contribution in [-0.4, -0.2) is 6.38 Å². The molecule has 0 aliphatic rings. The third-order valence-electron chi connectivity index (χ3n) is 0.667. The van der Waals surface area contributed by atoms with Gasteiger partial charge in [-0.15, -0.1) is 11.6 Å². The number of hydrogen-bond donors (Lipinski definition) is 0. The molecular weight excluding hydrogens is 827 g/mol. The molecule has 0 heterocycles. The average molecular weight is 830 g/mol. The van der Waals surface area contributed by atoms with Gasteiger partial charge in [0.25, 0.3) is 0 Å². The summed E-state index contributed by atoms with van der Waals surface area (Å²) in [5, 5.41) is 0. The third-order valence-corrected chi connectivity index (χ3v) is 6.00. The Kier molecular flexibility index (Phi) is 39.6. The Morgan fingerprint density at radius 1 is 0.593 bits per heavy atom. The van der Waals surface area contributed by atoms with Gasteiger partial charge in [-0.25, -0.2) is 0 Å². The number of alkyl halides is 1. The summed E-state index contributed by atoms with van der Waals surface area (Å²) >= 11 is 4.64. The van der Waals surface area contributed by atoms with E-state index >= 15 is 0 Å². The van der Waals surface area contributed by atoms with Crippen LogP contribution in [0.25, 0.3) is 0 Å². The summed E-state index contributed by atoms with van der Waals surface area (Å²) in [6.07, 6.45) is 1.47. The quantitative estimate of drug-likeness (QED) is 0.144. The molecule has 0 N–H and O–H groups in total. The van der Waals surface area contributed by atoms with Crippen LogP contribution in [0.2, 0.25) is 0 Å². The molecule has 0 aliphatic heterocycles. The van der Waals surface area contributed by atoms with Crippen LogP contribution in [0.4, 0.5) is 0 Å². The fourth-order valence-electron chi connectivity index (χ4n) is 0.356. The van der Waals surface area contributed by atoms with E-state index in [0.717, 1.165) is 0 Å². The zero-order valence-electron chi connectivity index (χ0n) is 12.7. The van der Waals surface area contributed by atoms with Gasteiger partial charge in [-0.1, -0.05) is 17.2 Å². The minimum atomic E-state index is -5.25. The molecule has 16 nitrogen and oxygen atoms in total. The van der Waals surface area contributed by atoms with Crippen molar-refractivity contribution in [1.29, 1.82) is 0 Å². The molecule has 27 heavy (non-hydrogen) atoms. The molecule has 0 aromatic rings. The zero-order chi connectivity index (χ0) is 20.1. The molecule has 0 amide bonds. The van der Waals surface area contributed by atoms with Crippen molar-refractivity contribution in [2.45, 2.75) is 0 Å². The van der Waals surface area contributed by atoms with Gasteiger partial charge in [0.2, 0.25) is 0 Å². The number of halogens is 1. The summed E-state index contributed by atoms with van der Waals surface area (Å²) in [4.78, 5) is 58.4. The van der Waals surface area contributed by atoms with E-state index in [1.807, 2.05) is 0 Å². The van der Waals surface area contributed by atoms with E-state index < -0.39 is 48.7 Å². The first kappa shape index (κ1) is 44.2. The molecule has 26 heteroatoms. The van der Waals surface area contributed by atoms with E-state index in [9.17, 15) is 56.8 Å². The van der Waals surface area contributed by atoms with Crippen molar-refractivity contribution in [2.24, 2.45) is 0 Å². The van der Waals surface area contributed by atoms with Crippen molar-refractivity contribution in [1.82, 2.24) is 0 Å². The molecular formula is CH3Cd3ClO16P6+4. The predicted octanol–water partition coefficient (Wildman–Crippen LogP) is -2.11. The molecule has 4 unspecified atom stereocenters. The molecule has 4 atom stereocenters. The van der Waals surface area contributed by atoms with Crippen LogP contribution in [0.5, 0.6) is 0 Å². The fourth-order valence-corrected chi connectivity index (χ4v) is 3.74. The van der Waals surface area contributed by atoms with Crippen molar-refractivity contribution in [3.05, 3.63) is 0 Å². The smallest absolute Gasteiger partial charge is 0.750 e. The Bertz CT molecular complexity index is 464. The number of rotatable bonds is 8. The predicted molar refractivity (Wildman–Crippen MR) is 61.8 cm³/mol. The van der Waals surface area contributed by atoms with Crippen LogP contribution in [0.3, 0.4) is 0 Å². The topological polar surface area (TPSA) is 278 Å². The van der Waals surface area contributed by atoms with E-state index in [0.29, 0.717) is 0 Å². The first-order valence-corrected chi connectivity index (χ1v) is 12.1. The van der Waals surface area contributed by atoms with Crippen LogP contribution in [0.1, 0.15) is 0 Å².